The third kappa shape index (κ3) is 4.23. The van der Waals surface area contributed by atoms with Gasteiger partial charge in [0.1, 0.15) is 11.3 Å². The summed E-state index contributed by atoms with van der Waals surface area (Å²) >= 11 is 0. The van der Waals surface area contributed by atoms with Gasteiger partial charge in [-0.05, 0) is 46.2 Å². The second-order valence-corrected chi connectivity index (χ2v) is 7.83. The van der Waals surface area contributed by atoms with Crippen molar-refractivity contribution in [2.24, 2.45) is 5.73 Å². The van der Waals surface area contributed by atoms with Crippen molar-refractivity contribution in [1.29, 1.82) is 0 Å². The molecule has 0 saturated carbocycles. The van der Waals surface area contributed by atoms with Gasteiger partial charge in [-0.1, -0.05) is 36.7 Å². The first-order valence-electron chi connectivity index (χ1n) is 10.5. The molecule has 8 nitrogen and oxygen atoms in total. The number of amides is 2. The smallest absolute Gasteiger partial charge is 0.256 e. The summed E-state index contributed by atoms with van der Waals surface area (Å²) in [6.45, 7) is 9.48. The van der Waals surface area contributed by atoms with E-state index in [1.54, 1.807) is 4.68 Å². The van der Waals surface area contributed by atoms with Crippen LogP contribution in [0.15, 0.2) is 34.9 Å². The lowest BCUT2D eigenvalue weighted by molar-refractivity contribution is -0.119. The predicted octanol–water partition coefficient (Wildman–Crippen LogP) is 4.17. The predicted molar refractivity (Wildman–Crippen MR) is 119 cm³/mol. The summed E-state index contributed by atoms with van der Waals surface area (Å²) in [6, 6.07) is 9.45. The van der Waals surface area contributed by atoms with Gasteiger partial charge in [-0.2, -0.15) is 5.10 Å². The Morgan fingerprint density at radius 3 is 2.45 bits per heavy atom. The maximum atomic E-state index is 12.9. The molecule has 0 aliphatic heterocycles. The number of nitrogens with two attached hydrogens (primary N) is 1. The number of primary amides is 1. The van der Waals surface area contributed by atoms with Gasteiger partial charge in [0, 0.05) is 18.0 Å². The van der Waals surface area contributed by atoms with Gasteiger partial charge in [-0.15, -0.1) is 0 Å². The van der Waals surface area contributed by atoms with Crippen molar-refractivity contribution < 1.29 is 14.1 Å². The number of rotatable bonds is 8. The highest BCUT2D eigenvalue weighted by Gasteiger charge is 2.33. The van der Waals surface area contributed by atoms with E-state index < -0.39 is 5.91 Å². The fourth-order valence-electron chi connectivity index (χ4n) is 3.73. The molecule has 0 aliphatic carbocycles. The number of benzene rings is 1. The van der Waals surface area contributed by atoms with Crippen LogP contribution in [-0.2, 0) is 4.79 Å². The second kappa shape index (κ2) is 9.16. The van der Waals surface area contributed by atoms with Gasteiger partial charge < -0.3 is 10.3 Å². The van der Waals surface area contributed by atoms with Crippen molar-refractivity contribution in [3.63, 3.8) is 0 Å². The molecule has 3 rings (SSSR count). The number of carbonyl (C=O) groups is 2. The number of hydrogen-bond acceptors (Lipinski definition) is 5. The fraction of sp³-hybridized carbons (Fsp3) is 0.391. The minimum Gasteiger partial charge on any atom is -0.365 e. The maximum absolute atomic E-state index is 12.9. The highest BCUT2D eigenvalue weighted by atomic mass is 16.5. The molecular weight excluding hydrogens is 394 g/mol. The first-order chi connectivity index (χ1) is 14.8. The number of aromatic nitrogens is 3. The Hall–Kier alpha value is -3.42. The van der Waals surface area contributed by atoms with E-state index in [4.69, 9.17) is 10.3 Å². The molecule has 0 atom stereocenters. The zero-order valence-corrected chi connectivity index (χ0v) is 18.7. The molecule has 0 fully saturated rings. The van der Waals surface area contributed by atoms with Crippen LogP contribution in [0, 0.1) is 13.8 Å². The number of nitrogens with zero attached hydrogens (tertiary/aromatic N) is 4. The lowest BCUT2D eigenvalue weighted by Gasteiger charge is -2.24. The van der Waals surface area contributed by atoms with Crippen LogP contribution in [0.2, 0.25) is 0 Å². The molecule has 1 aromatic carbocycles. The molecule has 8 heteroatoms. The molecule has 3 aromatic rings. The van der Waals surface area contributed by atoms with E-state index in [2.05, 4.69) is 10.3 Å². The normalized spacial score (nSPS) is 11.2. The molecule has 0 aliphatic rings. The van der Waals surface area contributed by atoms with Crippen LogP contribution < -0.4 is 10.6 Å². The molecule has 2 amide bonds. The highest BCUT2D eigenvalue weighted by molar-refractivity contribution is 6.07. The molecule has 164 valence electrons. The summed E-state index contributed by atoms with van der Waals surface area (Å²) < 4.78 is 7.37. The van der Waals surface area contributed by atoms with E-state index in [9.17, 15) is 9.59 Å². The molecule has 0 radical (unpaired) electrons. The van der Waals surface area contributed by atoms with Gasteiger partial charge in [-0.25, -0.2) is 4.68 Å². The van der Waals surface area contributed by atoms with E-state index in [0.717, 1.165) is 24.2 Å². The quantitative estimate of drug-likeness (QED) is 0.585. The Morgan fingerprint density at radius 2 is 1.87 bits per heavy atom. The van der Waals surface area contributed by atoms with Crippen LogP contribution >= 0.6 is 0 Å². The molecule has 31 heavy (non-hydrogen) atoms. The van der Waals surface area contributed by atoms with E-state index in [-0.39, 0.29) is 23.4 Å². The van der Waals surface area contributed by atoms with Crippen molar-refractivity contribution in [3.05, 3.63) is 47.3 Å². The number of hydrogen-bond donors (Lipinski definition) is 1. The number of aryl methyl sites for hydroxylation is 1. The third-order valence-electron chi connectivity index (χ3n) is 5.20. The van der Waals surface area contributed by atoms with E-state index >= 15 is 0 Å². The molecule has 2 N–H and O–H groups in total. The Labute approximate surface area is 182 Å². The largest absolute Gasteiger partial charge is 0.365 e. The monoisotopic (exact) mass is 423 g/mol. The van der Waals surface area contributed by atoms with Crippen LogP contribution in [0.25, 0.3) is 16.9 Å². The fourth-order valence-corrected chi connectivity index (χ4v) is 3.73. The van der Waals surface area contributed by atoms with Crippen LogP contribution in [0.1, 0.15) is 61.8 Å². The zero-order valence-electron chi connectivity index (χ0n) is 18.7. The molecule has 0 spiro atoms. The van der Waals surface area contributed by atoms with Gasteiger partial charge in [0.25, 0.3) is 5.91 Å². The number of anilines is 1. The summed E-state index contributed by atoms with van der Waals surface area (Å²) in [6.07, 6.45) is 1.99. The van der Waals surface area contributed by atoms with Crippen molar-refractivity contribution in [2.75, 3.05) is 4.90 Å². The first kappa shape index (κ1) is 22.3. The molecule has 0 unspecified atom stereocenters. The lowest BCUT2D eigenvalue weighted by Crippen LogP contribution is -2.38. The third-order valence-corrected chi connectivity index (χ3v) is 5.20. The van der Waals surface area contributed by atoms with Crippen LogP contribution in [0.3, 0.4) is 0 Å². The van der Waals surface area contributed by atoms with Crippen molar-refractivity contribution in [2.45, 2.75) is 59.9 Å². The Kier molecular flexibility index (Phi) is 6.58. The number of carbonyl (C=O) groups excluding carboxylic acids is 2. The van der Waals surface area contributed by atoms with Gasteiger partial charge >= 0.3 is 0 Å². The summed E-state index contributed by atoms with van der Waals surface area (Å²) in [5.74, 6) is -0.744. The summed E-state index contributed by atoms with van der Waals surface area (Å²) in [5.41, 5.74) is 9.16. The average molecular weight is 424 g/mol. The minimum atomic E-state index is -0.702. The Morgan fingerprint density at radius 1 is 1.19 bits per heavy atom. The van der Waals surface area contributed by atoms with Crippen LogP contribution in [0.4, 0.5) is 5.88 Å². The number of unbranched alkanes of at least 4 members (excludes halogenated alkanes) is 1. The second-order valence-electron chi connectivity index (χ2n) is 7.83. The standard InChI is InChI=1S/C23H29N5O3/c1-6-7-13-18(29)27(14(2)3)23-20(22(24)30)21(26-31-23)19-15(4)25-28(16(19)5)17-11-9-8-10-12-17/h8-12,14H,6-7,13H2,1-5H3,(H2,24,30). The van der Waals surface area contributed by atoms with Crippen molar-refractivity contribution in [1.82, 2.24) is 14.9 Å². The molecular formula is C23H29N5O3. The first-order valence-corrected chi connectivity index (χ1v) is 10.5. The Balaban J connectivity index is 2.15. The van der Waals surface area contributed by atoms with Gasteiger partial charge in [0.2, 0.25) is 11.8 Å². The van der Waals surface area contributed by atoms with Crippen LogP contribution in [0.5, 0.6) is 0 Å². The molecule has 0 bridgehead atoms. The van der Waals surface area contributed by atoms with Gasteiger partial charge in [0.05, 0.1) is 17.1 Å². The average Bonchev–Trinajstić information content (AvgIpc) is 3.27. The van der Waals surface area contributed by atoms with Crippen LogP contribution in [-0.4, -0.2) is 32.8 Å². The molecule has 2 aromatic heterocycles. The Bertz CT molecular complexity index is 1080. The van der Waals surface area contributed by atoms with E-state index in [1.807, 2.05) is 65.0 Å². The topological polar surface area (TPSA) is 107 Å². The summed E-state index contributed by atoms with van der Waals surface area (Å²) in [5, 5.41) is 8.80. The van der Waals surface area contributed by atoms with Gasteiger partial charge in [-0.3, -0.25) is 14.5 Å². The molecule has 0 saturated heterocycles. The van der Waals surface area contributed by atoms with E-state index in [0.29, 0.717) is 23.4 Å². The summed E-state index contributed by atoms with van der Waals surface area (Å²) in [7, 11) is 0. The van der Waals surface area contributed by atoms with Crippen molar-refractivity contribution in [3.8, 4) is 16.9 Å². The van der Waals surface area contributed by atoms with Gasteiger partial charge in [0.15, 0.2) is 0 Å². The minimum absolute atomic E-state index is 0.0878. The lowest BCUT2D eigenvalue weighted by atomic mass is 10.0. The van der Waals surface area contributed by atoms with Crippen molar-refractivity contribution >= 4 is 17.7 Å². The highest BCUT2D eigenvalue weighted by Crippen LogP contribution is 2.36. The number of para-hydroxylation sites is 1. The SMILES string of the molecule is CCCCC(=O)N(c1onc(-c2c(C)nn(-c3ccccc3)c2C)c1C(N)=O)C(C)C. The summed E-state index contributed by atoms with van der Waals surface area (Å²) in [4.78, 5) is 26.8. The van der Waals surface area contributed by atoms with E-state index in [1.165, 1.54) is 4.90 Å². The zero-order chi connectivity index (χ0) is 22.7. The molecule has 2 heterocycles. The maximum Gasteiger partial charge on any atom is 0.256 e.